The maximum atomic E-state index is 13.9. The van der Waals surface area contributed by atoms with Crippen LogP contribution in [0.1, 0.15) is 112 Å². The number of aromatic hydroxyl groups is 3. The van der Waals surface area contributed by atoms with E-state index in [9.17, 15) is 53.7 Å². The van der Waals surface area contributed by atoms with Crippen molar-refractivity contribution in [1.29, 1.82) is 0 Å². The van der Waals surface area contributed by atoms with Gasteiger partial charge in [0.25, 0.3) is 23.6 Å². The van der Waals surface area contributed by atoms with Gasteiger partial charge in [0.15, 0.2) is 0 Å². The molecule has 24 N–H and O–H groups in total. The van der Waals surface area contributed by atoms with Crippen molar-refractivity contribution >= 4 is 75.7 Å². The van der Waals surface area contributed by atoms with Crippen LogP contribution in [0.25, 0.3) is 0 Å². The number of hydrogen-bond donors (Lipinski definition) is 17. The van der Waals surface area contributed by atoms with Gasteiger partial charge in [0, 0.05) is 28.4 Å². The minimum absolute atomic E-state index is 0.0187. The summed E-state index contributed by atoms with van der Waals surface area (Å²) in [6.07, 6.45) is 3.80. The molecule has 0 aromatic heterocycles. The zero-order chi connectivity index (χ0) is 55.9. The van der Waals surface area contributed by atoms with Crippen LogP contribution in [0, 0.1) is 0 Å². The van der Waals surface area contributed by atoms with Gasteiger partial charge in [-0.25, -0.2) is 0 Å². The first kappa shape index (κ1) is 60.2. The fourth-order valence-corrected chi connectivity index (χ4v) is 7.62. The number of primary amides is 1. The van der Waals surface area contributed by atoms with Crippen molar-refractivity contribution in [2.75, 3.05) is 53.2 Å². The summed E-state index contributed by atoms with van der Waals surface area (Å²) in [6.45, 7) is 1.22. The highest BCUT2D eigenvalue weighted by Crippen LogP contribution is 2.26. The van der Waals surface area contributed by atoms with E-state index in [1.54, 1.807) is 0 Å². The second-order valence-corrected chi connectivity index (χ2v) is 17.8. The second-order valence-electron chi connectivity index (χ2n) is 17.8. The minimum Gasteiger partial charge on any atom is -0.507 e. The van der Waals surface area contributed by atoms with E-state index in [-0.39, 0.29) is 76.5 Å². The number of anilines is 5. The fourth-order valence-electron chi connectivity index (χ4n) is 7.62. The van der Waals surface area contributed by atoms with Crippen molar-refractivity contribution in [3.05, 3.63) is 95.1 Å². The van der Waals surface area contributed by atoms with Crippen LogP contribution in [0.2, 0.25) is 0 Å². The lowest BCUT2D eigenvalue weighted by Crippen LogP contribution is -2.44. The van der Waals surface area contributed by atoms with E-state index in [0.717, 1.165) is 18.2 Å². The zero-order valence-corrected chi connectivity index (χ0v) is 42.0. The van der Waals surface area contributed by atoms with E-state index >= 15 is 0 Å². The molecule has 0 saturated carbocycles. The van der Waals surface area contributed by atoms with Gasteiger partial charge in [0.2, 0.25) is 23.6 Å². The van der Waals surface area contributed by atoms with Gasteiger partial charge in [0.05, 0.1) is 28.3 Å². The van der Waals surface area contributed by atoms with Crippen molar-refractivity contribution in [2.45, 2.75) is 94.8 Å². The lowest BCUT2D eigenvalue weighted by molar-refractivity contribution is -0.118. The number of hydrogen-bond acceptors (Lipinski definition) is 17. The number of nitrogens with one attached hydrogen (secondary N) is 7. The first-order valence-corrected chi connectivity index (χ1v) is 24.7. The average molecular weight is 1060 g/mol. The Morgan fingerprint density at radius 1 is 0.408 bits per heavy atom. The molecule has 4 rings (SSSR count). The van der Waals surface area contributed by atoms with Gasteiger partial charge in [-0.2, -0.15) is 0 Å². The van der Waals surface area contributed by atoms with Crippen molar-refractivity contribution in [1.82, 2.24) is 16.0 Å². The van der Waals surface area contributed by atoms with Crippen molar-refractivity contribution in [2.24, 2.45) is 34.4 Å². The SMILES string of the molecule is NCCCCC(NC(=O)c1cc(NC(=O)C(N)CCCN)ccc1O)C(=O)Nc1ccc(O)c(C(=O)NC(CCCCN)C(=O)Nc2ccc(O)c(C(=O)NC(CCCCN)C(=O)Nc3ccc(N)c(C(N)=O)c3)c2)c1. The molecular formula is C51H70N14O11. The molecule has 0 bridgehead atoms. The first-order chi connectivity index (χ1) is 36.3. The molecule has 8 amide bonds. The molecule has 4 unspecified atom stereocenters. The number of nitrogens with two attached hydrogens (primary N) is 7. The van der Waals surface area contributed by atoms with Gasteiger partial charge >= 0.3 is 0 Å². The second kappa shape index (κ2) is 30.1. The van der Waals surface area contributed by atoms with Gasteiger partial charge in [-0.3, -0.25) is 38.4 Å². The molecule has 410 valence electrons. The molecule has 25 nitrogen and oxygen atoms in total. The third kappa shape index (κ3) is 18.2. The molecule has 0 heterocycles. The molecule has 0 aliphatic carbocycles. The van der Waals surface area contributed by atoms with E-state index < -0.39 is 88.7 Å². The normalized spacial score (nSPS) is 12.5. The Morgan fingerprint density at radius 2 is 0.711 bits per heavy atom. The van der Waals surface area contributed by atoms with Gasteiger partial charge in [-0.15, -0.1) is 0 Å². The number of nitrogen functional groups attached to an aromatic ring is 1. The Hall–Kier alpha value is -8.36. The molecular weight excluding hydrogens is 985 g/mol. The maximum absolute atomic E-state index is 13.9. The van der Waals surface area contributed by atoms with Crippen LogP contribution in [0.3, 0.4) is 0 Å². The quantitative estimate of drug-likeness (QED) is 0.0197. The average Bonchev–Trinajstić information content (AvgIpc) is 3.38. The largest absolute Gasteiger partial charge is 0.507 e. The topological polar surface area (TPSA) is 464 Å². The fraction of sp³-hybridized carbons (Fsp3) is 0.373. The summed E-state index contributed by atoms with van der Waals surface area (Å²) in [7, 11) is 0. The molecule has 4 aromatic rings. The Balaban J connectivity index is 1.50. The van der Waals surface area contributed by atoms with E-state index in [0.29, 0.717) is 71.0 Å². The van der Waals surface area contributed by atoms with Crippen LogP contribution in [0.4, 0.5) is 28.4 Å². The predicted molar refractivity (Wildman–Crippen MR) is 287 cm³/mol. The number of phenolic OH excluding ortho intramolecular Hbond substituents is 3. The zero-order valence-electron chi connectivity index (χ0n) is 42.0. The summed E-state index contributed by atoms with van der Waals surface area (Å²) in [6, 6.07) is 10.6. The standard InChI is InChI=1S/C51H70N14O11/c52-20-4-1-9-38(49(74)60-28-12-16-36(56)32(24-28)44(58)69)63-46(71)34-26-30(14-18-42(34)67)62-51(76)40(11-3-6-22-54)65-47(72)35-27-31(15-19-43(35)68)61-50(75)39(10-2-5-21-53)64-45(70)33-25-29(13-17-41(33)66)59-48(73)37(57)8-7-23-55/h12-19,24-27,37-40,66-68H,1-11,20-23,52-57H2,(H2,58,69)(H,59,73)(H,60,74)(H,61,75)(H,62,76)(H,63,71)(H,64,70)(H,65,72). The number of carbonyl (C=O) groups is 8. The highest BCUT2D eigenvalue weighted by Gasteiger charge is 2.28. The van der Waals surface area contributed by atoms with Crippen molar-refractivity contribution in [3.63, 3.8) is 0 Å². The minimum atomic E-state index is -1.26. The van der Waals surface area contributed by atoms with Crippen LogP contribution < -0.4 is 77.4 Å². The molecule has 0 aliphatic rings. The Labute approximate surface area is 438 Å². The van der Waals surface area contributed by atoms with Crippen LogP contribution in [-0.2, 0) is 19.2 Å². The predicted octanol–water partition coefficient (Wildman–Crippen LogP) is 1.09. The molecule has 4 aromatic carbocycles. The number of benzene rings is 4. The lowest BCUT2D eigenvalue weighted by atomic mass is 10.1. The highest BCUT2D eigenvalue weighted by atomic mass is 16.3. The van der Waals surface area contributed by atoms with Gasteiger partial charge in [0.1, 0.15) is 35.4 Å². The molecule has 25 heteroatoms. The number of phenols is 3. The monoisotopic (exact) mass is 1050 g/mol. The third-order valence-electron chi connectivity index (χ3n) is 11.9. The summed E-state index contributed by atoms with van der Waals surface area (Å²) in [5.41, 5.74) is 39.3. The Kier molecular flexibility index (Phi) is 23.9. The third-order valence-corrected chi connectivity index (χ3v) is 11.9. The van der Waals surface area contributed by atoms with E-state index in [4.69, 9.17) is 40.1 Å². The van der Waals surface area contributed by atoms with Crippen LogP contribution in [0.5, 0.6) is 17.2 Å². The number of amides is 8. The van der Waals surface area contributed by atoms with Crippen LogP contribution in [0.15, 0.2) is 72.8 Å². The summed E-state index contributed by atoms with van der Waals surface area (Å²) in [5, 5.41) is 50.6. The summed E-state index contributed by atoms with van der Waals surface area (Å²) < 4.78 is 0. The molecule has 0 spiro atoms. The maximum Gasteiger partial charge on any atom is 0.255 e. The van der Waals surface area contributed by atoms with E-state index in [1.807, 2.05) is 0 Å². The van der Waals surface area contributed by atoms with Gasteiger partial charge < -0.3 is 92.7 Å². The van der Waals surface area contributed by atoms with Crippen molar-refractivity contribution < 1.29 is 53.7 Å². The number of carbonyl (C=O) groups excluding carboxylic acids is 8. The lowest BCUT2D eigenvalue weighted by Gasteiger charge is -2.21. The van der Waals surface area contributed by atoms with Crippen LogP contribution in [-0.4, -0.2) is 113 Å². The van der Waals surface area contributed by atoms with Gasteiger partial charge in [-0.05, 0) is 170 Å². The summed E-state index contributed by atoms with van der Waals surface area (Å²) in [5.74, 6) is -7.62. The number of unbranched alkanes of at least 4 members (excludes halogenated alkanes) is 3. The van der Waals surface area contributed by atoms with Crippen LogP contribution >= 0.6 is 0 Å². The molecule has 0 radical (unpaired) electrons. The molecule has 4 atom stereocenters. The smallest absolute Gasteiger partial charge is 0.255 e. The molecule has 0 aliphatic heterocycles. The molecule has 0 saturated heterocycles. The highest BCUT2D eigenvalue weighted by molar-refractivity contribution is 6.07. The summed E-state index contributed by atoms with van der Waals surface area (Å²) in [4.78, 5) is 107. The Bertz CT molecular complexity index is 2710. The Morgan fingerprint density at radius 3 is 1.03 bits per heavy atom. The van der Waals surface area contributed by atoms with E-state index in [1.165, 1.54) is 54.6 Å². The summed E-state index contributed by atoms with van der Waals surface area (Å²) >= 11 is 0. The van der Waals surface area contributed by atoms with E-state index in [2.05, 4.69) is 37.2 Å². The molecule has 0 fully saturated rings. The number of rotatable bonds is 30. The van der Waals surface area contributed by atoms with Gasteiger partial charge in [-0.1, -0.05) is 0 Å². The van der Waals surface area contributed by atoms with Crippen molar-refractivity contribution in [3.8, 4) is 17.2 Å². The first-order valence-electron chi connectivity index (χ1n) is 24.7. The molecule has 76 heavy (non-hydrogen) atoms.